The first-order valence-corrected chi connectivity index (χ1v) is 7.73. The maximum absolute atomic E-state index is 11.8. The third-order valence-corrected chi connectivity index (χ3v) is 5.64. The summed E-state index contributed by atoms with van der Waals surface area (Å²) in [4.78, 5) is 11.8. The fourth-order valence-electron chi connectivity index (χ4n) is 1.49. The van der Waals surface area contributed by atoms with Crippen molar-refractivity contribution >= 4 is 74.5 Å². The molecule has 0 aliphatic rings. The highest BCUT2D eigenvalue weighted by molar-refractivity contribution is 9.13. The highest BCUT2D eigenvalue weighted by Gasteiger charge is 2.16. The van der Waals surface area contributed by atoms with E-state index in [0.717, 1.165) is 0 Å². The highest BCUT2D eigenvalue weighted by Crippen LogP contribution is 2.45. The number of rotatable bonds is 0. The number of benzene rings is 1. The summed E-state index contributed by atoms with van der Waals surface area (Å²) in [6.07, 6.45) is 0. The van der Waals surface area contributed by atoms with E-state index in [9.17, 15) is 15.0 Å². The summed E-state index contributed by atoms with van der Waals surface area (Å²) in [5, 5.41) is 20.8. The fraction of sp³-hybridized carbons (Fsp3) is 0. The fourth-order valence-corrected chi connectivity index (χ4v) is 3.44. The smallest absolute Gasteiger partial charge is 0.206 e. The van der Waals surface area contributed by atoms with E-state index in [4.69, 9.17) is 0 Å². The average Bonchev–Trinajstić information content (AvgIpc) is 2.45. The topological polar surface area (TPSA) is 57.5 Å². The summed E-state index contributed by atoms with van der Waals surface area (Å²) in [5.74, 6) is -0.115. The van der Waals surface area contributed by atoms with Gasteiger partial charge in [0.15, 0.2) is 0 Å². The molecule has 0 saturated heterocycles. The van der Waals surface area contributed by atoms with Gasteiger partial charge in [0.2, 0.25) is 5.43 Å². The zero-order chi connectivity index (χ0) is 13.6. The van der Waals surface area contributed by atoms with Crippen molar-refractivity contribution in [1.82, 2.24) is 0 Å². The van der Waals surface area contributed by atoms with E-state index in [1.54, 1.807) is 0 Å². The maximum atomic E-state index is 11.8. The monoisotopic (exact) mass is 500 g/mol. The van der Waals surface area contributed by atoms with Gasteiger partial charge in [-0.15, -0.1) is 0 Å². The van der Waals surface area contributed by atoms with Gasteiger partial charge in [-0.25, -0.2) is 0 Å². The van der Waals surface area contributed by atoms with Crippen molar-refractivity contribution in [3.8, 4) is 11.5 Å². The molecule has 0 aliphatic heterocycles. The Labute approximate surface area is 135 Å². The SMILES string of the molecule is O=c1c(Br)cc2c(O)c(Br)c(Br)c(O)c2cc1Br. The van der Waals surface area contributed by atoms with Gasteiger partial charge in [0.25, 0.3) is 0 Å². The normalized spacial score (nSPS) is 10.9. The van der Waals surface area contributed by atoms with Gasteiger partial charge in [-0.05, 0) is 75.9 Å². The van der Waals surface area contributed by atoms with Crippen LogP contribution in [0.3, 0.4) is 0 Å². The van der Waals surface area contributed by atoms with Crippen LogP contribution in [0.4, 0.5) is 0 Å². The molecule has 0 spiro atoms. The van der Waals surface area contributed by atoms with Gasteiger partial charge in [-0.2, -0.15) is 0 Å². The molecule has 2 aromatic rings. The predicted molar refractivity (Wildman–Crippen MR) is 84.3 cm³/mol. The number of fused-ring (bicyclic) bond motifs is 1. The number of phenols is 2. The van der Waals surface area contributed by atoms with Gasteiger partial charge in [0, 0.05) is 10.8 Å². The summed E-state index contributed by atoms with van der Waals surface area (Å²) in [6, 6.07) is 2.93. The molecule has 2 aromatic carbocycles. The third-order valence-electron chi connectivity index (χ3n) is 2.38. The standard InChI is InChI=1S/C11H4Br4O3/c12-5-1-3-4(2-6(13)11(5)18)10(17)8(15)7(14)9(3)16/h1-2,16-17H. The molecule has 0 saturated carbocycles. The molecule has 0 aromatic heterocycles. The molecule has 2 rings (SSSR count). The van der Waals surface area contributed by atoms with Crippen molar-refractivity contribution in [2.45, 2.75) is 0 Å². The van der Waals surface area contributed by atoms with Crippen molar-refractivity contribution in [3.05, 3.63) is 40.2 Å². The van der Waals surface area contributed by atoms with E-state index in [-0.39, 0.29) is 25.9 Å². The first-order chi connectivity index (χ1) is 8.34. The second-order valence-corrected chi connectivity index (χ2v) is 6.76. The Balaban J connectivity index is 3.18. The van der Waals surface area contributed by atoms with Crippen LogP contribution in [-0.4, -0.2) is 10.2 Å². The lowest BCUT2D eigenvalue weighted by Crippen LogP contribution is -1.97. The van der Waals surface area contributed by atoms with Gasteiger partial charge in [0.05, 0.1) is 17.9 Å². The first-order valence-electron chi connectivity index (χ1n) is 4.56. The Hall–Kier alpha value is -0.110. The molecule has 3 nitrogen and oxygen atoms in total. The minimum absolute atomic E-state index is 0.0575. The van der Waals surface area contributed by atoms with Crippen molar-refractivity contribution in [2.24, 2.45) is 0 Å². The van der Waals surface area contributed by atoms with E-state index < -0.39 is 0 Å². The summed E-state index contributed by atoms with van der Waals surface area (Å²) >= 11 is 12.6. The molecule has 0 bridgehead atoms. The quantitative estimate of drug-likeness (QED) is 0.514. The zero-order valence-corrected chi connectivity index (χ0v) is 14.8. The molecular weight excluding hydrogens is 500 g/mol. The average molecular weight is 504 g/mol. The zero-order valence-electron chi connectivity index (χ0n) is 8.47. The van der Waals surface area contributed by atoms with E-state index in [1.807, 2.05) is 0 Å². The summed E-state index contributed by atoms with van der Waals surface area (Å²) in [7, 11) is 0. The lowest BCUT2D eigenvalue weighted by atomic mass is 10.1. The molecular formula is C11H4Br4O3. The third kappa shape index (κ3) is 2.21. The molecule has 0 amide bonds. The van der Waals surface area contributed by atoms with Crippen LogP contribution in [0.15, 0.2) is 34.8 Å². The van der Waals surface area contributed by atoms with Crippen LogP contribution in [-0.2, 0) is 0 Å². The van der Waals surface area contributed by atoms with E-state index >= 15 is 0 Å². The largest absolute Gasteiger partial charge is 0.506 e. The summed E-state index contributed by atoms with van der Waals surface area (Å²) in [6.45, 7) is 0. The maximum Gasteiger partial charge on any atom is 0.206 e. The van der Waals surface area contributed by atoms with E-state index in [0.29, 0.717) is 19.7 Å². The molecule has 0 heterocycles. The lowest BCUT2D eigenvalue weighted by molar-refractivity contribution is 0.464. The van der Waals surface area contributed by atoms with Crippen LogP contribution >= 0.6 is 63.7 Å². The molecule has 18 heavy (non-hydrogen) atoms. The van der Waals surface area contributed by atoms with Crippen molar-refractivity contribution in [2.75, 3.05) is 0 Å². The molecule has 0 unspecified atom stereocenters. The first kappa shape index (κ1) is 14.3. The molecule has 0 aliphatic carbocycles. The number of phenolic OH excluding ortho intramolecular Hbond substituents is 2. The van der Waals surface area contributed by atoms with Crippen LogP contribution in [0.5, 0.6) is 11.5 Å². The molecule has 94 valence electrons. The van der Waals surface area contributed by atoms with Crippen molar-refractivity contribution in [3.63, 3.8) is 0 Å². The second kappa shape index (κ2) is 5.11. The van der Waals surface area contributed by atoms with Gasteiger partial charge in [-0.1, -0.05) is 0 Å². The molecule has 2 N–H and O–H groups in total. The Kier molecular flexibility index (Phi) is 4.06. The van der Waals surface area contributed by atoms with E-state index in [1.165, 1.54) is 12.1 Å². The minimum Gasteiger partial charge on any atom is -0.506 e. The van der Waals surface area contributed by atoms with Crippen LogP contribution < -0.4 is 5.43 Å². The van der Waals surface area contributed by atoms with Crippen LogP contribution in [0, 0.1) is 0 Å². The van der Waals surface area contributed by atoms with Crippen molar-refractivity contribution in [1.29, 1.82) is 0 Å². The second-order valence-electron chi connectivity index (χ2n) is 3.47. The van der Waals surface area contributed by atoms with Crippen molar-refractivity contribution < 1.29 is 10.2 Å². The number of hydrogen-bond acceptors (Lipinski definition) is 3. The van der Waals surface area contributed by atoms with Gasteiger partial charge in [-0.3, -0.25) is 4.79 Å². The Morgan fingerprint density at radius 3 is 1.44 bits per heavy atom. The van der Waals surface area contributed by atoms with Crippen LogP contribution in [0.2, 0.25) is 0 Å². The summed E-state index contributed by atoms with van der Waals surface area (Å²) in [5.41, 5.74) is -0.266. The molecule has 0 atom stereocenters. The Morgan fingerprint density at radius 2 is 1.11 bits per heavy atom. The van der Waals surface area contributed by atoms with Crippen LogP contribution in [0.1, 0.15) is 0 Å². The Morgan fingerprint density at radius 1 is 0.778 bits per heavy atom. The molecule has 0 radical (unpaired) electrons. The van der Waals surface area contributed by atoms with E-state index in [2.05, 4.69) is 63.7 Å². The molecule has 0 fully saturated rings. The van der Waals surface area contributed by atoms with Crippen LogP contribution in [0.25, 0.3) is 10.8 Å². The number of hydrogen-bond donors (Lipinski definition) is 2. The number of halogens is 4. The highest BCUT2D eigenvalue weighted by atomic mass is 79.9. The molecule has 7 heteroatoms. The van der Waals surface area contributed by atoms with Gasteiger partial charge < -0.3 is 10.2 Å². The van der Waals surface area contributed by atoms with Gasteiger partial charge >= 0.3 is 0 Å². The van der Waals surface area contributed by atoms with Gasteiger partial charge in [0.1, 0.15) is 11.5 Å². The minimum atomic E-state index is -0.266. The Bertz CT molecular complexity index is 669. The summed E-state index contributed by atoms with van der Waals surface area (Å²) < 4.78 is 1.23. The lowest BCUT2D eigenvalue weighted by Gasteiger charge is -2.07. The predicted octanol–water partition coefficient (Wildman–Crippen LogP) is 4.66. The number of aromatic hydroxyl groups is 2.